The van der Waals surface area contributed by atoms with E-state index in [2.05, 4.69) is 22.4 Å². The third kappa shape index (κ3) is 3.58. The van der Waals surface area contributed by atoms with Crippen LogP contribution in [0.1, 0.15) is 42.5 Å². The van der Waals surface area contributed by atoms with Crippen molar-refractivity contribution in [1.82, 2.24) is 19.6 Å². The molecule has 25 heavy (non-hydrogen) atoms. The number of fused-ring (bicyclic) bond motifs is 3. The van der Waals surface area contributed by atoms with Gasteiger partial charge in [-0.3, -0.25) is 9.20 Å². The van der Waals surface area contributed by atoms with Crippen LogP contribution in [0.4, 0.5) is 5.13 Å². The van der Waals surface area contributed by atoms with Gasteiger partial charge < -0.3 is 5.32 Å². The molecule has 0 spiro atoms. The monoisotopic (exact) mass is 393 g/mol. The minimum Gasteiger partial charge on any atom is -0.360 e. The number of hydrogen-bond donors (Lipinski definition) is 1. The van der Waals surface area contributed by atoms with E-state index >= 15 is 0 Å². The van der Waals surface area contributed by atoms with E-state index in [0.717, 1.165) is 52.4 Å². The van der Waals surface area contributed by atoms with Crippen LogP contribution in [0.5, 0.6) is 0 Å². The average Bonchev–Trinajstić information content (AvgIpc) is 3.22. The molecule has 9 heteroatoms. The fourth-order valence-corrected chi connectivity index (χ4v) is 5.83. The Morgan fingerprint density at radius 1 is 1.28 bits per heavy atom. The quantitative estimate of drug-likeness (QED) is 0.645. The fraction of sp³-hybridized carbons (Fsp3) is 0.500. The highest BCUT2D eigenvalue weighted by molar-refractivity contribution is 8.00. The zero-order valence-electron chi connectivity index (χ0n) is 13.9. The van der Waals surface area contributed by atoms with Crippen LogP contribution in [-0.4, -0.2) is 26.1 Å². The van der Waals surface area contributed by atoms with Crippen LogP contribution in [0.25, 0.3) is 4.96 Å². The van der Waals surface area contributed by atoms with Gasteiger partial charge in [-0.2, -0.15) is 0 Å². The van der Waals surface area contributed by atoms with Crippen LogP contribution in [-0.2, 0) is 18.6 Å². The van der Waals surface area contributed by atoms with Gasteiger partial charge in [-0.25, -0.2) is 4.98 Å². The SMILES string of the molecule is CCCNc1nnc(SCc2cc(=O)n3c4c(sc3n2)CCCC4)s1. The molecule has 0 saturated carbocycles. The smallest absolute Gasteiger partial charge is 0.259 e. The normalized spacial score (nSPS) is 14.0. The molecular formula is C16H19N5OS3. The summed E-state index contributed by atoms with van der Waals surface area (Å²) in [5, 5.41) is 12.4. The first-order chi connectivity index (χ1) is 12.2. The predicted molar refractivity (Wildman–Crippen MR) is 104 cm³/mol. The van der Waals surface area contributed by atoms with E-state index in [9.17, 15) is 4.79 Å². The van der Waals surface area contributed by atoms with E-state index in [1.807, 2.05) is 4.40 Å². The van der Waals surface area contributed by atoms with E-state index in [1.165, 1.54) is 17.0 Å². The fourth-order valence-electron chi connectivity index (χ4n) is 2.92. The lowest BCUT2D eigenvalue weighted by Gasteiger charge is -2.09. The summed E-state index contributed by atoms with van der Waals surface area (Å²) in [6, 6.07) is 1.67. The van der Waals surface area contributed by atoms with Crippen molar-refractivity contribution in [3.63, 3.8) is 0 Å². The number of aryl methyl sites for hydroxylation is 2. The maximum atomic E-state index is 12.6. The number of aromatic nitrogens is 4. The summed E-state index contributed by atoms with van der Waals surface area (Å²) in [6.45, 7) is 3.02. The molecule has 3 aromatic rings. The minimum atomic E-state index is 0.0440. The van der Waals surface area contributed by atoms with Gasteiger partial charge in [-0.1, -0.05) is 30.0 Å². The second-order valence-electron chi connectivity index (χ2n) is 5.97. The van der Waals surface area contributed by atoms with Crippen LogP contribution in [0.3, 0.4) is 0 Å². The molecule has 6 nitrogen and oxygen atoms in total. The summed E-state index contributed by atoms with van der Waals surface area (Å²) < 4.78 is 2.71. The predicted octanol–water partition coefficient (Wildman–Crippen LogP) is 3.60. The standard InChI is InChI=1S/C16H19N5OS3/c1-2-7-17-14-19-20-16(25-14)23-9-10-8-13(22)21-11-5-3-4-6-12(11)24-15(21)18-10/h8H,2-7,9H2,1H3,(H,17,19). The van der Waals surface area contributed by atoms with Gasteiger partial charge in [-0.05, 0) is 32.1 Å². The summed E-state index contributed by atoms with van der Waals surface area (Å²) in [4.78, 5) is 19.4. The first kappa shape index (κ1) is 17.0. The molecule has 3 aromatic heterocycles. The van der Waals surface area contributed by atoms with Crippen LogP contribution in [0.2, 0.25) is 0 Å². The van der Waals surface area contributed by atoms with Crippen molar-refractivity contribution in [2.45, 2.75) is 49.1 Å². The maximum absolute atomic E-state index is 12.6. The number of anilines is 1. The minimum absolute atomic E-state index is 0.0440. The van der Waals surface area contributed by atoms with Crippen molar-refractivity contribution in [1.29, 1.82) is 0 Å². The van der Waals surface area contributed by atoms with Crippen molar-refractivity contribution in [3.8, 4) is 0 Å². The third-order valence-electron chi connectivity index (χ3n) is 4.09. The number of thioether (sulfide) groups is 1. The van der Waals surface area contributed by atoms with Crippen molar-refractivity contribution in [3.05, 3.63) is 32.7 Å². The Kier molecular flexibility index (Phi) is 5.05. The molecule has 0 fully saturated rings. The summed E-state index contributed by atoms with van der Waals surface area (Å²) in [7, 11) is 0. The van der Waals surface area contributed by atoms with Crippen molar-refractivity contribution in [2.75, 3.05) is 11.9 Å². The Labute approximate surface area is 157 Å². The lowest BCUT2D eigenvalue weighted by atomic mass is 10.0. The van der Waals surface area contributed by atoms with Gasteiger partial charge in [-0.15, -0.1) is 21.5 Å². The molecule has 0 aliphatic heterocycles. The number of hydrogen-bond acceptors (Lipinski definition) is 8. The van der Waals surface area contributed by atoms with Crippen LogP contribution < -0.4 is 10.9 Å². The topological polar surface area (TPSA) is 72.2 Å². The summed E-state index contributed by atoms with van der Waals surface area (Å²) in [5.74, 6) is 0.636. The highest BCUT2D eigenvalue weighted by Gasteiger charge is 2.18. The maximum Gasteiger partial charge on any atom is 0.259 e. The van der Waals surface area contributed by atoms with Gasteiger partial charge in [0.05, 0.1) is 5.69 Å². The van der Waals surface area contributed by atoms with Crippen molar-refractivity contribution in [2.24, 2.45) is 0 Å². The molecule has 0 saturated heterocycles. The lowest BCUT2D eigenvalue weighted by Crippen LogP contribution is -2.17. The number of thiazole rings is 1. The number of rotatable bonds is 6. The van der Waals surface area contributed by atoms with Crippen molar-refractivity contribution < 1.29 is 0 Å². The van der Waals surface area contributed by atoms with Gasteiger partial charge >= 0.3 is 0 Å². The summed E-state index contributed by atoms with van der Waals surface area (Å²) in [6.07, 6.45) is 5.49. The summed E-state index contributed by atoms with van der Waals surface area (Å²) in [5.41, 5.74) is 2.04. The molecule has 0 unspecified atom stereocenters. The molecule has 4 rings (SSSR count). The molecule has 132 valence electrons. The van der Waals surface area contributed by atoms with Crippen LogP contribution in [0, 0.1) is 0 Å². The zero-order valence-corrected chi connectivity index (χ0v) is 16.4. The average molecular weight is 394 g/mol. The largest absolute Gasteiger partial charge is 0.360 e. The molecule has 0 aromatic carbocycles. The first-order valence-electron chi connectivity index (χ1n) is 8.48. The van der Waals surface area contributed by atoms with Gasteiger partial charge in [0.15, 0.2) is 9.30 Å². The molecule has 0 radical (unpaired) electrons. The number of nitrogens with one attached hydrogen (secondary N) is 1. The highest BCUT2D eigenvalue weighted by Crippen LogP contribution is 2.30. The Balaban J connectivity index is 1.52. The first-order valence-corrected chi connectivity index (χ1v) is 11.1. The van der Waals surface area contributed by atoms with Crippen LogP contribution in [0.15, 0.2) is 15.2 Å². The molecule has 1 aliphatic carbocycles. The molecule has 0 amide bonds. The van der Waals surface area contributed by atoms with E-state index < -0.39 is 0 Å². The molecule has 0 bridgehead atoms. The van der Waals surface area contributed by atoms with Gasteiger partial charge in [0.2, 0.25) is 5.13 Å². The molecular weight excluding hydrogens is 374 g/mol. The van der Waals surface area contributed by atoms with Gasteiger partial charge in [0.25, 0.3) is 5.56 Å². The lowest BCUT2D eigenvalue weighted by molar-refractivity contribution is 0.670. The Hall–Kier alpha value is -1.45. The van der Waals surface area contributed by atoms with Gasteiger partial charge in [0, 0.05) is 28.9 Å². The Morgan fingerprint density at radius 2 is 2.16 bits per heavy atom. The van der Waals surface area contributed by atoms with Crippen LogP contribution >= 0.6 is 34.4 Å². The molecule has 0 atom stereocenters. The van der Waals surface area contributed by atoms with E-state index in [1.54, 1.807) is 40.5 Å². The Morgan fingerprint density at radius 3 is 3.04 bits per heavy atom. The van der Waals surface area contributed by atoms with Gasteiger partial charge in [0.1, 0.15) is 0 Å². The van der Waals surface area contributed by atoms with E-state index in [0.29, 0.717) is 5.75 Å². The second-order valence-corrected chi connectivity index (χ2v) is 9.23. The second kappa shape index (κ2) is 7.43. The van der Waals surface area contributed by atoms with E-state index in [-0.39, 0.29) is 5.56 Å². The Bertz CT molecular complexity index is 945. The summed E-state index contributed by atoms with van der Waals surface area (Å²) >= 11 is 4.79. The molecule has 3 heterocycles. The van der Waals surface area contributed by atoms with Crippen molar-refractivity contribution >= 4 is 44.5 Å². The number of nitrogens with zero attached hydrogens (tertiary/aromatic N) is 4. The highest BCUT2D eigenvalue weighted by atomic mass is 32.2. The molecule has 1 aliphatic rings. The van der Waals surface area contributed by atoms with E-state index in [4.69, 9.17) is 4.98 Å². The molecule has 1 N–H and O–H groups in total. The zero-order chi connectivity index (χ0) is 17.2. The third-order valence-corrected chi connectivity index (χ3v) is 7.28.